The fraction of sp³-hybridized carbons (Fsp3) is 0.786. The lowest BCUT2D eigenvalue weighted by atomic mass is 9.99. The van der Waals surface area contributed by atoms with E-state index in [9.17, 15) is 4.79 Å². The molecule has 4 rings (SSSR count). The van der Waals surface area contributed by atoms with Crippen molar-refractivity contribution >= 4 is 22.5 Å². The second kappa shape index (κ2) is 5.53. The predicted octanol–water partition coefficient (Wildman–Crippen LogP) is 2.16. The van der Waals surface area contributed by atoms with Gasteiger partial charge in [-0.25, -0.2) is 4.79 Å². The maximum Gasteiger partial charge on any atom is 0.321 e. The van der Waals surface area contributed by atoms with Crippen molar-refractivity contribution in [2.45, 2.75) is 56.5 Å². The molecule has 7 heteroatoms. The molecule has 0 unspecified atom stereocenters. The van der Waals surface area contributed by atoms with Crippen LogP contribution in [-0.2, 0) is 0 Å². The first-order valence-electron chi connectivity index (χ1n) is 7.94. The van der Waals surface area contributed by atoms with Gasteiger partial charge in [0, 0.05) is 24.5 Å². The van der Waals surface area contributed by atoms with Crippen LogP contribution in [0.1, 0.15) is 49.5 Å². The number of fused-ring (bicyclic) bond motifs is 1. The number of anilines is 1. The molecule has 2 N–H and O–H groups in total. The molecule has 3 heterocycles. The average Bonchev–Trinajstić information content (AvgIpc) is 3.12. The maximum absolute atomic E-state index is 12.1. The highest BCUT2D eigenvalue weighted by Gasteiger charge is 2.36. The Balaban J connectivity index is 1.32. The molecule has 114 valence electrons. The first-order valence-corrected chi connectivity index (χ1v) is 8.76. The van der Waals surface area contributed by atoms with Crippen LogP contribution in [0.5, 0.6) is 0 Å². The lowest BCUT2D eigenvalue weighted by molar-refractivity contribution is 0.180. The van der Waals surface area contributed by atoms with Crippen LogP contribution in [0.25, 0.3) is 0 Å². The third kappa shape index (κ3) is 2.89. The molecule has 2 amide bonds. The molecule has 1 saturated carbocycles. The van der Waals surface area contributed by atoms with E-state index in [2.05, 4.69) is 25.7 Å². The molecule has 21 heavy (non-hydrogen) atoms. The molecule has 2 aliphatic heterocycles. The van der Waals surface area contributed by atoms with Crippen molar-refractivity contribution in [3.8, 4) is 0 Å². The summed E-state index contributed by atoms with van der Waals surface area (Å²) in [6, 6.07) is 0.674. The van der Waals surface area contributed by atoms with Gasteiger partial charge in [-0.1, -0.05) is 17.8 Å². The number of carbonyl (C=O) groups excluding carboxylic acids is 1. The summed E-state index contributed by atoms with van der Waals surface area (Å²) in [5.41, 5.74) is 0. The Hall–Kier alpha value is -1.21. The number of aromatic nitrogens is 2. The van der Waals surface area contributed by atoms with Crippen molar-refractivity contribution in [1.82, 2.24) is 20.4 Å². The van der Waals surface area contributed by atoms with Crippen LogP contribution in [0.15, 0.2) is 0 Å². The molecule has 0 bridgehead atoms. The van der Waals surface area contributed by atoms with Gasteiger partial charge in [0.05, 0.1) is 0 Å². The Morgan fingerprint density at radius 3 is 2.90 bits per heavy atom. The van der Waals surface area contributed by atoms with Crippen molar-refractivity contribution in [3.05, 3.63) is 5.01 Å². The second-order valence-electron chi connectivity index (χ2n) is 6.31. The first-order chi connectivity index (χ1) is 10.3. The first kappa shape index (κ1) is 13.5. The number of nitrogens with one attached hydrogen (secondary N) is 2. The smallest absolute Gasteiger partial charge is 0.321 e. The van der Waals surface area contributed by atoms with E-state index in [-0.39, 0.29) is 12.1 Å². The Morgan fingerprint density at radius 2 is 2.05 bits per heavy atom. The number of rotatable bonds is 3. The number of nitrogens with zero attached hydrogens (tertiary/aromatic N) is 3. The van der Waals surface area contributed by atoms with E-state index < -0.39 is 0 Å². The number of amides is 2. The molecule has 0 spiro atoms. The minimum Gasteiger partial charge on any atom is -0.333 e. The fourth-order valence-electron chi connectivity index (χ4n) is 3.50. The minimum absolute atomic E-state index is 0.133. The van der Waals surface area contributed by atoms with Crippen LogP contribution in [0.4, 0.5) is 9.93 Å². The molecule has 2 atom stereocenters. The molecule has 2 saturated heterocycles. The van der Waals surface area contributed by atoms with E-state index in [1.807, 2.05) is 0 Å². The van der Waals surface area contributed by atoms with Crippen LogP contribution in [-0.4, -0.2) is 46.3 Å². The summed E-state index contributed by atoms with van der Waals surface area (Å²) in [7, 11) is 0. The molecule has 1 aliphatic carbocycles. The summed E-state index contributed by atoms with van der Waals surface area (Å²) in [5, 5.41) is 15.9. The highest BCUT2D eigenvalue weighted by molar-refractivity contribution is 7.15. The Morgan fingerprint density at radius 1 is 1.14 bits per heavy atom. The van der Waals surface area contributed by atoms with Gasteiger partial charge >= 0.3 is 6.03 Å². The standard InChI is InChI=1S/C14H21N5OS/c20-13(16-14-18-17-12(21-14)9-4-5-9)15-10-6-8-19-7-2-1-3-11(10)19/h9-11H,1-8H2,(H2,15,16,18,20)/t10-,11+/m0/s1. The predicted molar refractivity (Wildman–Crippen MR) is 81.7 cm³/mol. The lowest BCUT2D eigenvalue weighted by Crippen LogP contribution is -2.47. The van der Waals surface area contributed by atoms with Crippen LogP contribution in [0.2, 0.25) is 0 Å². The highest BCUT2D eigenvalue weighted by atomic mass is 32.1. The second-order valence-corrected chi connectivity index (χ2v) is 7.32. The summed E-state index contributed by atoms with van der Waals surface area (Å²) in [6.07, 6.45) is 7.25. The van der Waals surface area contributed by atoms with Crippen LogP contribution < -0.4 is 10.6 Å². The third-order valence-corrected chi connectivity index (χ3v) is 5.76. The zero-order valence-electron chi connectivity index (χ0n) is 12.0. The molecule has 1 aromatic rings. The van der Waals surface area contributed by atoms with Crippen LogP contribution >= 0.6 is 11.3 Å². The Labute approximate surface area is 128 Å². The molecule has 3 fully saturated rings. The minimum atomic E-state index is -0.133. The molecule has 1 aromatic heterocycles. The number of hydrogen-bond acceptors (Lipinski definition) is 5. The van der Waals surface area contributed by atoms with Crippen molar-refractivity contribution in [3.63, 3.8) is 0 Å². The third-order valence-electron chi connectivity index (χ3n) is 4.76. The van der Waals surface area contributed by atoms with Gasteiger partial charge in [0.2, 0.25) is 5.13 Å². The topological polar surface area (TPSA) is 70.1 Å². The monoisotopic (exact) mass is 307 g/mol. The zero-order chi connectivity index (χ0) is 14.2. The van der Waals surface area contributed by atoms with E-state index >= 15 is 0 Å². The van der Waals surface area contributed by atoms with E-state index in [0.29, 0.717) is 17.1 Å². The molecule has 6 nitrogen and oxygen atoms in total. The van der Waals surface area contributed by atoms with Gasteiger partial charge in [-0.2, -0.15) is 0 Å². The van der Waals surface area contributed by atoms with E-state index in [0.717, 1.165) is 18.0 Å². The Bertz CT molecular complexity index is 529. The summed E-state index contributed by atoms with van der Waals surface area (Å²) in [5.74, 6) is 0.590. The summed E-state index contributed by atoms with van der Waals surface area (Å²) in [4.78, 5) is 14.7. The zero-order valence-corrected chi connectivity index (χ0v) is 12.9. The summed E-state index contributed by atoms with van der Waals surface area (Å²) < 4.78 is 0. The van der Waals surface area contributed by atoms with Gasteiger partial charge < -0.3 is 5.32 Å². The normalized spacial score (nSPS) is 29.1. The molecule has 3 aliphatic rings. The van der Waals surface area contributed by atoms with Gasteiger partial charge in [-0.05, 0) is 38.6 Å². The molecule has 0 aromatic carbocycles. The maximum atomic E-state index is 12.1. The molecular weight excluding hydrogens is 286 g/mol. The van der Waals surface area contributed by atoms with Crippen molar-refractivity contribution in [2.75, 3.05) is 18.4 Å². The number of piperidine rings is 1. The van der Waals surface area contributed by atoms with Crippen LogP contribution in [0.3, 0.4) is 0 Å². The van der Waals surface area contributed by atoms with Crippen LogP contribution in [0, 0.1) is 0 Å². The number of carbonyl (C=O) groups is 1. The fourth-order valence-corrected chi connectivity index (χ4v) is 4.41. The molecule has 0 radical (unpaired) electrons. The number of urea groups is 1. The van der Waals surface area contributed by atoms with E-state index in [1.165, 1.54) is 50.0 Å². The SMILES string of the molecule is O=C(Nc1nnc(C2CC2)s1)N[C@H]1CCN2CCCC[C@H]12. The van der Waals surface area contributed by atoms with Gasteiger partial charge in [-0.3, -0.25) is 10.2 Å². The number of hydrogen-bond donors (Lipinski definition) is 2. The summed E-state index contributed by atoms with van der Waals surface area (Å²) >= 11 is 1.51. The highest BCUT2D eigenvalue weighted by Crippen LogP contribution is 2.42. The average molecular weight is 307 g/mol. The lowest BCUT2D eigenvalue weighted by Gasteiger charge is -2.32. The largest absolute Gasteiger partial charge is 0.333 e. The van der Waals surface area contributed by atoms with E-state index in [1.54, 1.807) is 0 Å². The quantitative estimate of drug-likeness (QED) is 0.898. The molecular formula is C14H21N5OS. The van der Waals surface area contributed by atoms with Crippen molar-refractivity contribution in [2.24, 2.45) is 0 Å². The van der Waals surface area contributed by atoms with Gasteiger partial charge in [-0.15, -0.1) is 10.2 Å². The Kier molecular flexibility index (Phi) is 3.54. The van der Waals surface area contributed by atoms with E-state index in [4.69, 9.17) is 0 Å². The van der Waals surface area contributed by atoms with Gasteiger partial charge in [0.25, 0.3) is 0 Å². The van der Waals surface area contributed by atoms with Gasteiger partial charge in [0.1, 0.15) is 5.01 Å². The van der Waals surface area contributed by atoms with Crippen molar-refractivity contribution in [1.29, 1.82) is 0 Å². The summed E-state index contributed by atoms with van der Waals surface area (Å²) in [6.45, 7) is 2.30. The van der Waals surface area contributed by atoms with Crippen molar-refractivity contribution < 1.29 is 4.79 Å². The van der Waals surface area contributed by atoms with Gasteiger partial charge in [0.15, 0.2) is 0 Å².